The molecule has 0 saturated heterocycles. The molecule has 0 unspecified atom stereocenters. The van der Waals surface area contributed by atoms with Gasteiger partial charge in [-0.25, -0.2) is 0 Å². The molecule has 0 aliphatic carbocycles. The molecule has 0 spiro atoms. The van der Waals surface area contributed by atoms with E-state index in [-0.39, 0.29) is 0 Å². The molecule has 0 aliphatic heterocycles. The standard InChI is InChI=1S/C46H28O/c1-2-13-29(14-3-1)32-25-26-39(34-18-7-6-17-33(32)34)44-35-19-8-10-21-37(35)45(38-22-11-9-20-36(38)44)41-24-12-23-40-42-27-30-15-4-5-16-31(30)28-43(42)47-46(40)41/h1-28H. The van der Waals surface area contributed by atoms with Crippen molar-refractivity contribution in [2.45, 2.75) is 0 Å². The van der Waals surface area contributed by atoms with Crippen molar-refractivity contribution in [1.29, 1.82) is 0 Å². The summed E-state index contributed by atoms with van der Waals surface area (Å²) in [6, 6.07) is 61.5. The third kappa shape index (κ3) is 3.90. The highest BCUT2D eigenvalue weighted by Gasteiger charge is 2.21. The van der Waals surface area contributed by atoms with Crippen molar-refractivity contribution in [2.75, 3.05) is 0 Å². The Morgan fingerprint density at radius 2 is 0.787 bits per heavy atom. The quantitative estimate of drug-likeness (QED) is 0.185. The molecule has 1 aromatic heterocycles. The minimum Gasteiger partial charge on any atom is -0.455 e. The molecule has 218 valence electrons. The maximum Gasteiger partial charge on any atom is 0.143 e. The molecule has 0 aliphatic rings. The predicted molar refractivity (Wildman–Crippen MR) is 200 cm³/mol. The van der Waals surface area contributed by atoms with Gasteiger partial charge < -0.3 is 4.42 Å². The van der Waals surface area contributed by atoms with Crippen LogP contribution in [-0.4, -0.2) is 0 Å². The van der Waals surface area contributed by atoms with E-state index in [0.29, 0.717) is 0 Å². The molecule has 0 atom stereocenters. The maximum absolute atomic E-state index is 6.77. The van der Waals surface area contributed by atoms with Gasteiger partial charge in [0.2, 0.25) is 0 Å². The summed E-state index contributed by atoms with van der Waals surface area (Å²) in [5.74, 6) is 0. The van der Waals surface area contributed by atoms with Gasteiger partial charge >= 0.3 is 0 Å². The molecule has 0 N–H and O–H groups in total. The molecule has 9 aromatic carbocycles. The van der Waals surface area contributed by atoms with Crippen molar-refractivity contribution in [2.24, 2.45) is 0 Å². The van der Waals surface area contributed by atoms with Crippen LogP contribution in [0.25, 0.3) is 98.4 Å². The summed E-state index contributed by atoms with van der Waals surface area (Å²) in [5.41, 5.74) is 9.16. The van der Waals surface area contributed by atoms with Crippen LogP contribution < -0.4 is 0 Å². The van der Waals surface area contributed by atoms with Gasteiger partial charge in [-0.1, -0.05) is 158 Å². The van der Waals surface area contributed by atoms with E-state index in [1.54, 1.807) is 0 Å². The summed E-state index contributed by atoms with van der Waals surface area (Å²) in [7, 11) is 0. The molecular weight excluding hydrogens is 569 g/mol. The molecule has 0 bridgehead atoms. The summed E-state index contributed by atoms with van der Waals surface area (Å²) < 4.78 is 6.77. The molecule has 47 heavy (non-hydrogen) atoms. The van der Waals surface area contributed by atoms with Gasteiger partial charge in [0, 0.05) is 21.9 Å². The number of hydrogen-bond donors (Lipinski definition) is 0. The van der Waals surface area contributed by atoms with Gasteiger partial charge in [0.1, 0.15) is 11.2 Å². The molecular formula is C46H28O. The van der Waals surface area contributed by atoms with Crippen LogP contribution in [0.4, 0.5) is 0 Å². The molecule has 0 radical (unpaired) electrons. The van der Waals surface area contributed by atoms with Gasteiger partial charge in [-0.15, -0.1) is 0 Å². The lowest BCUT2D eigenvalue weighted by Gasteiger charge is -2.19. The lowest BCUT2D eigenvalue weighted by molar-refractivity contribution is 0.670. The van der Waals surface area contributed by atoms with Gasteiger partial charge in [-0.05, 0) is 77.5 Å². The zero-order valence-corrected chi connectivity index (χ0v) is 25.6. The number of rotatable bonds is 3. The van der Waals surface area contributed by atoms with Crippen molar-refractivity contribution < 1.29 is 4.42 Å². The number of fused-ring (bicyclic) bond motifs is 7. The SMILES string of the molecule is c1ccc(-c2ccc(-c3c4ccccc4c(-c4cccc5c4oc4cc6ccccc6cc45)c4ccccc34)c3ccccc23)cc1. The minimum atomic E-state index is 0.918. The Morgan fingerprint density at radius 1 is 0.298 bits per heavy atom. The van der Waals surface area contributed by atoms with Crippen molar-refractivity contribution in [3.8, 4) is 33.4 Å². The molecule has 1 heteroatoms. The van der Waals surface area contributed by atoms with Crippen molar-refractivity contribution in [3.63, 3.8) is 0 Å². The summed E-state index contributed by atoms with van der Waals surface area (Å²) in [6.45, 7) is 0. The highest BCUT2D eigenvalue weighted by Crippen LogP contribution is 2.48. The van der Waals surface area contributed by atoms with Gasteiger partial charge in [0.15, 0.2) is 0 Å². The monoisotopic (exact) mass is 596 g/mol. The second-order valence-electron chi connectivity index (χ2n) is 12.4. The molecule has 0 amide bonds. The molecule has 0 fully saturated rings. The van der Waals surface area contributed by atoms with Crippen LogP contribution in [0.15, 0.2) is 174 Å². The minimum absolute atomic E-state index is 0.918. The Hall–Kier alpha value is -6.18. The van der Waals surface area contributed by atoms with E-state index in [0.717, 1.165) is 27.5 Å². The Kier molecular flexibility index (Phi) is 5.64. The Morgan fingerprint density at radius 3 is 1.45 bits per heavy atom. The fourth-order valence-electron chi connectivity index (χ4n) is 7.78. The third-order valence-electron chi connectivity index (χ3n) is 9.84. The molecule has 0 saturated carbocycles. The first-order chi connectivity index (χ1) is 23.3. The third-order valence-corrected chi connectivity index (χ3v) is 9.84. The van der Waals surface area contributed by atoms with Crippen LogP contribution in [0.1, 0.15) is 0 Å². The van der Waals surface area contributed by atoms with E-state index >= 15 is 0 Å². The molecule has 10 rings (SSSR count). The van der Waals surface area contributed by atoms with E-state index in [4.69, 9.17) is 4.42 Å². The average Bonchev–Trinajstić information content (AvgIpc) is 3.50. The smallest absolute Gasteiger partial charge is 0.143 e. The number of furan rings is 1. The maximum atomic E-state index is 6.77. The van der Waals surface area contributed by atoms with Gasteiger partial charge in [0.25, 0.3) is 0 Å². The van der Waals surface area contributed by atoms with E-state index in [1.807, 2.05) is 0 Å². The number of benzene rings is 9. The second-order valence-corrected chi connectivity index (χ2v) is 12.4. The van der Waals surface area contributed by atoms with Gasteiger partial charge in [-0.2, -0.15) is 0 Å². The second kappa shape index (κ2) is 10.2. The largest absolute Gasteiger partial charge is 0.455 e. The van der Waals surface area contributed by atoms with E-state index in [9.17, 15) is 0 Å². The topological polar surface area (TPSA) is 13.1 Å². The van der Waals surface area contributed by atoms with Gasteiger partial charge in [0.05, 0.1) is 0 Å². The fourth-order valence-corrected chi connectivity index (χ4v) is 7.78. The van der Waals surface area contributed by atoms with Crippen LogP contribution in [0, 0.1) is 0 Å². The number of para-hydroxylation sites is 1. The van der Waals surface area contributed by atoms with Crippen LogP contribution in [0.2, 0.25) is 0 Å². The van der Waals surface area contributed by atoms with E-state index < -0.39 is 0 Å². The normalized spacial score (nSPS) is 11.8. The average molecular weight is 597 g/mol. The number of hydrogen-bond acceptors (Lipinski definition) is 1. The summed E-state index contributed by atoms with van der Waals surface area (Å²) in [4.78, 5) is 0. The predicted octanol–water partition coefficient (Wildman–Crippen LogP) is 13.2. The molecule has 10 aromatic rings. The van der Waals surface area contributed by atoms with E-state index in [1.165, 1.54) is 70.9 Å². The van der Waals surface area contributed by atoms with Crippen LogP contribution in [0.5, 0.6) is 0 Å². The fraction of sp³-hybridized carbons (Fsp3) is 0. The Labute approximate surface area is 271 Å². The van der Waals surface area contributed by atoms with E-state index in [2.05, 4.69) is 170 Å². The zero-order valence-electron chi connectivity index (χ0n) is 25.6. The van der Waals surface area contributed by atoms with Crippen LogP contribution in [-0.2, 0) is 0 Å². The highest BCUT2D eigenvalue weighted by atomic mass is 16.3. The van der Waals surface area contributed by atoms with Gasteiger partial charge in [-0.3, -0.25) is 0 Å². The Balaban J connectivity index is 1.30. The Bertz CT molecular complexity index is 2780. The van der Waals surface area contributed by atoms with Crippen molar-refractivity contribution in [3.05, 3.63) is 170 Å². The lowest BCUT2D eigenvalue weighted by Crippen LogP contribution is -1.92. The lowest BCUT2D eigenvalue weighted by atomic mass is 9.83. The van der Waals surface area contributed by atoms with Crippen molar-refractivity contribution >= 4 is 65.0 Å². The summed E-state index contributed by atoms with van der Waals surface area (Å²) in [6.07, 6.45) is 0. The first-order valence-corrected chi connectivity index (χ1v) is 16.2. The molecule has 1 nitrogen and oxygen atoms in total. The first-order valence-electron chi connectivity index (χ1n) is 16.2. The van der Waals surface area contributed by atoms with Crippen molar-refractivity contribution in [1.82, 2.24) is 0 Å². The van der Waals surface area contributed by atoms with Crippen LogP contribution in [0.3, 0.4) is 0 Å². The summed E-state index contributed by atoms with van der Waals surface area (Å²) >= 11 is 0. The molecule has 1 heterocycles. The highest BCUT2D eigenvalue weighted by molar-refractivity contribution is 6.26. The first kappa shape index (κ1) is 26.1. The van der Waals surface area contributed by atoms with Crippen LogP contribution >= 0.6 is 0 Å². The zero-order chi connectivity index (χ0) is 30.9. The summed E-state index contributed by atoms with van der Waals surface area (Å²) in [5, 5.41) is 12.1.